The van der Waals surface area contributed by atoms with Gasteiger partial charge in [-0.2, -0.15) is 4.68 Å². The quantitative estimate of drug-likeness (QED) is 0.824. The fourth-order valence-electron chi connectivity index (χ4n) is 1.94. The summed E-state index contributed by atoms with van der Waals surface area (Å²) in [6.07, 6.45) is 1.52. The van der Waals surface area contributed by atoms with E-state index in [-0.39, 0.29) is 24.7 Å². The summed E-state index contributed by atoms with van der Waals surface area (Å²) in [7, 11) is 0. The maximum absolute atomic E-state index is 12.0. The second kappa shape index (κ2) is 6.60. The Morgan fingerprint density at radius 3 is 2.76 bits per heavy atom. The Hall–Kier alpha value is -2.77. The Labute approximate surface area is 120 Å². The molecule has 0 aliphatic carbocycles. The first-order chi connectivity index (χ1) is 10.1. The van der Waals surface area contributed by atoms with Crippen LogP contribution >= 0.6 is 0 Å². The summed E-state index contributed by atoms with van der Waals surface area (Å²) in [6.45, 7) is 1.72. The van der Waals surface area contributed by atoms with Crippen molar-refractivity contribution in [3.63, 3.8) is 0 Å². The first-order valence-corrected chi connectivity index (χ1v) is 6.40. The fraction of sp³-hybridized carbons (Fsp3) is 0.308. The molecule has 0 saturated carbocycles. The summed E-state index contributed by atoms with van der Waals surface area (Å²) in [5.74, 6) is -1.39. The Morgan fingerprint density at radius 1 is 1.33 bits per heavy atom. The van der Waals surface area contributed by atoms with Crippen LogP contribution < -0.4 is 5.32 Å². The molecule has 1 aromatic heterocycles. The molecule has 0 fully saturated rings. The average Bonchev–Trinajstić information content (AvgIpc) is 2.91. The molecule has 8 heteroatoms. The van der Waals surface area contributed by atoms with E-state index in [4.69, 9.17) is 5.11 Å². The van der Waals surface area contributed by atoms with Gasteiger partial charge < -0.3 is 10.4 Å². The lowest BCUT2D eigenvalue weighted by molar-refractivity contribution is -0.138. The van der Waals surface area contributed by atoms with E-state index in [1.165, 1.54) is 11.0 Å². The molecule has 0 spiro atoms. The zero-order valence-electron chi connectivity index (χ0n) is 11.4. The summed E-state index contributed by atoms with van der Waals surface area (Å²) >= 11 is 0. The molecule has 1 amide bonds. The maximum atomic E-state index is 12.0. The average molecular weight is 289 g/mol. The zero-order valence-corrected chi connectivity index (χ0v) is 11.4. The van der Waals surface area contributed by atoms with E-state index in [9.17, 15) is 9.59 Å². The summed E-state index contributed by atoms with van der Waals surface area (Å²) in [5.41, 5.74) is 1.21. The minimum absolute atomic E-state index is 0.0396. The van der Waals surface area contributed by atoms with Crippen molar-refractivity contribution >= 4 is 17.6 Å². The number of nitrogens with zero attached hydrogens (tertiary/aromatic N) is 4. The Bertz CT molecular complexity index is 626. The van der Waals surface area contributed by atoms with E-state index in [1.807, 2.05) is 0 Å². The van der Waals surface area contributed by atoms with E-state index in [0.717, 1.165) is 0 Å². The first-order valence-electron chi connectivity index (χ1n) is 6.40. The first kappa shape index (κ1) is 14.6. The third-order valence-corrected chi connectivity index (χ3v) is 2.83. The maximum Gasteiger partial charge on any atom is 0.303 e. The van der Waals surface area contributed by atoms with E-state index in [2.05, 4.69) is 20.8 Å². The predicted octanol–water partition coefficient (Wildman–Crippen LogP) is 1.10. The number of hydrogen-bond acceptors (Lipinski definition) is 5. The van der Waals surface area contributed by atoms with Crippen molar-refractivity contribution < 1.29 is 14.7 Å². The van der Waals surface area contributed by atoms with E-state index < -0.39 is 5.97 Å². The van der Waals surface area contributed by atoms with Gasteiger partial charge in [0.15, 0.2) is 0 Å². The van der Waals surface area contributed by atoms with Crippen LogP contribution in [0.5, 0.6) is 0 Å². The molecule has 2 rings (SSSR count). The second-order valence-electron chi connectivity index (χ2n) is 4.73. The van der Waals surface area contributed by atoms with Gasteiger partial charge in [-0.15, -0.1) is 5.10 Å². The number of aromatic nitrogens is 4. The molecule has 0 radical (unpaired) electrons. The van der Waals surface area contributed by atoms with Crippen LogP contribution in [0.3, 0.4) is 0 Å². The highest BCUT2D eigenvalue weighted by atomic mass is 16.4. The van der Waals surface area contributed by atoms with Crippen molar-refractivity contribution in [1.82, 2.24) is 20.2 Å². The molecule has 0 aliphatic heterocycles. The highest BCUT2D eigenvalue weighted by Gasteiger charge is 2.14. The second-order valence-corrected chi connectivity index (χ2v) is 4.73. The van der Waals surface area contributed by atoms with Gasteiger partial charge in [0.05, 0.1) is 11.4 Å². The van der Waals surface area contributed by atoms with E-state index >= 15 is 0 Å². The van der Waals surface area contributed by atoms with Gasteiger partial charge in [-0.05, 0) is 28.5 Å². The Kier molecular flexibility index (Phi) is 4.60. The number of rotatable bonds is 6. The molecule has 0 bridgehead atoms. The molecule has 0 saturated heterocycles. The monoisotopic (exact) mass is 289 g/mol. The lowest BCUT2D eigenvalue weighted by atomic mass is 10.0. The molecule has 1 unspecified atom stereocenters. The van der Waals surface area contributed by atoms with Crippen LogP contribution in [0.25, 0.3) is 5.69 Å². The smallest absolute Gasteiger partial charge is 0.303 e. The van der Waals surface area contributed by atoms with Crippen LogP contribution in [-0.4, -0.2) is 37.2 Å². The summed E-state index contributed by atoms with van der Waals surface area (Å²) < 4.78 is 1.44. The summed E-state index contributed by atoms with van der Waals surface area (Å²) in [4.78, 5) is 22.6. The molecule has 2 aromatic rings. The van der Waals surface area contributed by atoms with Gasteiger partial charge >= 0.3 is 5.97 Å². The van der Waals surface area contributed by atoms with Crippen LogP contribution in [0.2, 0.25) is 0 Å². The van der Waals surface area contributed by atoms with Gasteiger partial charge in [0.1, 0.15) is 6.33 Å². The third kappa shape index (κ3) is 4.10. The number of hydrogen-bond donors (Lipinski definition) is 2. The molecular weight excluding hydrogens is 274 g/mol. The fourth-order valence-corrected chi connectivity index (χ4v) is 1.94. The van der Waals surface area contributed by atoms with E-state index in [1.54, 1.807) is 31.2 Å². The SMILES string of the molecule is CC(CC(=O)O)CC(=O)Nc1ccccc1-n1cnnn1. The highest BCUT2D eigenvalue weighted by molar-refractivity contribution is 5.93. The Morgan fingerprint density at radius 2 is 2.10 bits per heavy atom. The van der Waals surface area contributed by atoms with Crippen molar-refractivity contribution in [3.8, 4) is 5.69 Å². The molecule has 21 heavy (non-hydrogen) atoms. The zero-order chi connectivity index (χ0) is 15.2. The molecule has 8 nitrogen and oxygen atoms in total. The lowest BCUT2D eigenvalue weighted by Crippen LogP contribution is -2.18. The number of carboxylic acid groups (broad SMARTS) is 1. The molecule has 1 aromatic carbocycles. The van der Waals surface area contributed by atoms with Crippen LogP contribution in [0.1, 0.15) is 19.8 Å². The molecule has 1 atom stereocenters. The molecule has 0 aliphatic rings. The van der Waals surface area contributed by atoms with Gasteiger partial charge in [-0.1, -0.05) is 19.1 Å². The third-order valence-electron chi connectivity index (χ3n) is 2.83. The van der Waals surface area contributed by atoms with Crippen molar-refractivity contribution in [2.24, 2.45) is 5.92 Å². The summed E-state index contributed by atoms with van der Waals surface area (Å²) in [6, 6.07) is 7.09. The summed E-state index contributed by atoms with van der Waals surface area (Å²) in [5, 5.41) is 22.3. The molecule has 2 N–H and O–H groups in total. The van der Waals surface area contributed by atoms with Crippen molar-refractivity contribution in [2.75, 3.05) is 5.32 Å². The van der Waals surface area contributed by atoms with Gasteiger partial charge in [0.2, 0.25) is 5.91 Å². The van der Waals surface area contributed by atoms with Crippen molar-refractivity contribution in [3.05, 3.63) is 30.6 Å². The van der Waals surface area contributed by atoms with Crippen molar-refractivity contribution in [2.45, 2.75) is 19.8 Å². The number of aliphatic carboxylic acids is 1. The van der Waals surface area contributed by atoms with Crippen LogP contribution in [0, 0.1) is 5.92 Å². The highest BCUT2D eigenvalue weighted by Crippen LogP contribution is 2.19. The molecule has 110 valence electrons. The van der Waals surface area contributed by atoms with Crippen molar-refractivity contribution in [1.29, 1.82) is 0 Å². The topological polar surface area (TPSA) is 110 Å². The largest absolute Gasteiger partial charge is 0.481 e. The molecular formula is C13H15N5O3. The van der Waals surface area contributed by atoms with Gasteiger partial charge in [-0.3, -0.25) is 9.59 Å². The van der Waals surface area contributed by atoms with Crippen LogP contribution in [-0.2, 0) is 9.59 Å². The number of carbonyl (C=O) groups excluding carboxylic acids is 1. The minimum atomic E-state index is -0.913. The van der Waals surface area contributed by atoms with E-state index in [0.29, 0.717) is 11.4 Å². The minimum Gasteiger partial charge on any atom is -0.481 e. The van der Waals surface area contributed by atoms with Gasteiger partial charge in [0.25, 0.3) is 0 Å². The standard InChI is InChI=1S/C13H15N5O3/c1-9(7-13(20)21)6-12(19)15-10-4-2-3-5-11(10)18-8-14-16-17-18/h2-5,8-9H,6-7H2,1H3,(H,15,19)(H,20,21). The van der Waals surface area contributed by atoms with Gasteiger partial charge in [0, 0.05) is 12.8 Å². The number of carbonyl (C=O) groups is 2. The molecule has 1 heterocycles. The number of tetrazole rings is 1. The number of carboxylic acids is 1. The number of nitrogens with one attached hydrogen (secondary N) is 1. The van der Waals surface area contributed by atoms with Gasteiger partial charge in [-0.25, -0.2) is 0 Å². The normalized spacial score (nSPS) is 11.9. The number of benzene rings is 1. The number of anilines is 1. The number of amides is 1. The van der Waals surface area contributed by atoms with Crippen LogP contribution in [0.15, 0.2) is 30.6 Å². The number of para-hydroxylation sites is 2. The van der Waals surface area contributed by atoms with Crippen LogP contribution in [0.4, 0.5) is 5.69 Å². The lowest BCUT2D eigenvalue weighted by Gasteiger charge is -2.12. The predicted molar refractivity (Wildman–Crippen MR) is 73.8 cm³/mol. The Balaban J connectivity index is 2.06.